The Morgan fingerprint density at radius 2 is 1.55 bits per heavy atom. The molecule has 0 aromatic heterocycles. The van der Waals surface area contributed by atoms with Crippen molar-refractivity contribution in [1.82, 2.24) is 0 Å². The number of fused-ring (bicyclic) bond motifs is 1. The van der Waals surface area contributed by atoms with Gasteiger partial charge in [0.1, 0.15) is 0 Å². The molecule has 0 spiro atoms. The quantitative estimate of drug-likeness (QED) is 0.737. The van der Waals surface area contributed by atoms with Crippen LogP contribution in [0, 0.1) is 0 Å². The van der Waals surface area contributed by atoms with E-state index in [-0.39, 0.29) is 23.9 Å². The predicted octanol–water partition coefficient (Wildman–Crippen LogP) is 2.75. The van der Waals surface area contributed by atoms with Crippen LogP contribution < -0.4 is 5.46 Å². The Hall–Kier alpha value is -0.835. The Bertz CT molecular complexity index is 533. The van der Waals surface area contributed by atoms with E-state index in [1.165, 1.54) is 11.1 Å². The predicted molar refractivity (Wildman–Crippen MR) is 80.0 cm³/mol. The SMILES string of the molecule is CC1(C)OCc2ccc(B3OC(C)(C)C(C)(C)O3)cc21. The van der Waals surface area contributed by atoms with Gasteiger partial charge >= 0.3 is 7.12 Å². The first-order valence-electron chi connectivity index (χ1n) is 7.25. The summed E-state index contributed by atoms with van der Waals surface area (Å²) in [7, 11) is -0.304. The fourth-order valence-corrected chi connectivity index (χ4v) is 2.74. The van der Waals surface area contributed by atoms with Crippen LogP contribution in [0.3, 0.4) is 0 Å². The van der Waals surface area contributed by atoms with E-state index in [0.29, 0.717) is 6.61 Å². The third-order valence-electron chi connectivity index (χ3n) is 4.90. The van der Waals surface area contributed by atoms with Gasteiger partial charge in [-0.2, -0.15) is 0 Å². The molecule has 0 bridgehead atoms. The van der Waals surface area contributed by atoms with Gasteiger partial charge in [-0.05, 0) is 58.1 Å². The summed E-state index contributed by atoms with van der Waals surface area (Å²) in [5, 5.41) is 0. The summed E-state index contributed by atoms with van der Waals surface area (Å²) >= 11 is 0. The summed E-state index contributed by atoms with van der Waals surface area (Å²) in [6, 6.07) is 6.39. The summed E-state index contributed by atoms with van der Waals surface area (Å²) in [6.07, 6.45) is 0. The van der Waals surface area contributed by atoms with E-state index in [2.05, 4.69) is 59.7 Å². The van der Waals surface area contributed by atoms with Crippen molar-refractivity contribution in [3.05, 3.63) is 29.3 Å². The van der Waals surface area contributed by atoms with Crippen LogP contribution in [0.5, 0.6) is 0 Å². The van der Waals surface area contributed by atoms with Crippen LogP contribution in [0.25, 0.3) is 0 Å². The molecule has 1 aromatic carbocycles. The average molecular weight is 274 g/mol. The summed E-state index contributed by atoms with van der Waals surface area (Å²) in [5.74, 6) is 0. The highest BCUT2D eigenvalue weighted by Crippen LogP contribution is 2.38. The Labute approximate surface area is 121 Å². The van der Waals surface area contributed by atoms with Crippen LogP contribution >= 0.6 is 0 Å². The van der Waals surface area contributed by atoms with E-state index in [4.69, 9.17) is 14.0 Å². The summed E-state index contributed by atoms with van der Waals surface area (Å²) in [5.41, 5.74) is 2.74. The zero-order valence-corrected chi connectivity index (χ0v) is 13.2. The molecule has 0 unspecified atom stereocenters. The number of ether oxygens (including phenoxy) is 1. The molecule has 108 valence electrons. The molecule has 4 heteroatoms. The standard InChI is InChI=1S/C16H23BO3/c1-14(2)13-9-12(8-7-11(13)10-18-14)17-19-15(3,4)16(5,6)20-17/h7-9H,10H2,1-6H3. The van der Waals surface area contributed by atoms with Gasteiger partial charge in [0.05, 0.1) is 23.4 Å². The molecule has 0 amide bonds. The molecular weight excluding hydrogens is 251 g/mol. The molecule has 1 fully saturated rings. The number of hydrogen-bond acceptors (Lipinski definition) is 3. The monoisotopic (exact) mass is 274 g/mol. The molecule has 2 aliphatic rings. The van der Waals surface area contributed by atoms with E-state index >= 15 is 0 Å². The van der Waals surface area contributed by atoms with Crippen LogP contribution in [0.4, 0.5) is 0 Å². The molecule has 0 radical (unpaired) electrons. The molecule has 1 saturated heterocycles. The van der Waals surface area contributed by atoms with Gasteiger partial charge in [-0.25, -0.2) is 0 Å². The van der Waals surface area contributed by atoms with E-state index in [1.807, 2.05) is 0 Å². The van der Waals surface area contributed by atoms with Crippen molar-refractivity contribution in [3.8, 4) is 0 Å². The first-order valence-corrected chi connectivity index (χ1v) is 7.25. The van der Waals surface area contributed by atoms with Crippen molar-refractivity contribution in [1.29, 1.82) is 0 Å². The van der Waals surface area contributed by atoms with Gasteiger partial charge in [-0.15, -0.1) is 0 Å². The zero-order chi connectivity index (χ0) is 14.8. The number of rotatable bonds is 1. The van der Waals surface area contributed by atoms with Crippen molar-refractivity contribution in [2.75, 3.05) is 0 Å². The molecular formula is C16H23BO3. The average Bonchev–Trinajstić information content (AvgIpc) is 2.74. The lowest BCUT2D eigenvalue weighted by atomic mass is 9.76. The second kappa shape index (κ2) is 4.09. The first kappa shape index (κ1) is 14.1. The Balaban J connectivity index is 1.94. The molecule has 3 nitrogen and oxygen atoms in total. The smallest absolute Gasteiger partial charge is 0.399 e. The van der Waals surface area contributed by atoms with E-state index in [9.17, 15) is 0 Å². The van der Waals surface area contributed by atoms with Gasteiger partial charge in [-0.1, -0.05) is 18.2 Å². The van der Waals surface area contributed by atoms with Crippen molar-refractivity contribution in [3.63, 3.8) is 0 Å². The van der Waals surface area contributed by atoms with Gasteiger partial charge < -0.3 is 14.0 Å². The summed E-state index contributed by atoms with van der Waals surface area (Å²) < 4.78 is 18.1. The van der Waals surface area contributed by atoms with Crippen molar-refractivity contribution < 1.29 is 14.0 Å². The lowest BCUT2D eigenvalue weighted by molar-refractivity contribution is -0.00787. The second-order valence-electron chi connectivity index (χ2n) is 7.30. The van der Waals surface area contributed by atoms with Gasteiger partial charge in [-0.3, -0.25) is 0 Å². The summed E-state index contributed by atoms with van der Waals surface area (Å²) in [4.78, 5) is 0. The number of hydrogen-bond donors (Lipinski definition) is 0. The van der Waals surface area contributed by atoms with E-state index in [0.717, 1.165) is 5.46 Å². The Kier molecular flexibility index (Phi) is 2.89. The topological polar surface area (TPSA) is 27.7 Å². The minimum atomic E-state index is -0.304. The summed E-state index contributed by atoms with van der Waals surface area (Å²) in [6.45, 7) is 13.2. The third kappa shape index (κ3) is 2.02. The van der Waals surface area contributed by atoms with Crippen molar-refractivity contribution in [2.45, 2.75) is 65.0 Å². The van der Waals surface area contributed by atoms with Gasteiger partial charge in [0.15, 0.2) is 0 Å². The van der Waals surface area contributed by atoms with Crippen LogP contribution in [0.1, 0.15) is 52.7 Å². The normalized spacial score (nSPS) is 25.8. The van der Waals surface area contributed by atoms with E-state index in [1.54, 1.807) is 0 Å². The highest BCUT2D eigenvalue weighted by molar-refractivity contribution is 6.62. The zero-order valence-electron chi connectivity index (χ0n) is 13.2. The first-order chi connectivity index (χ1) is 9.12. The molecule has 0 atom stereocenters. The Morgan fingerprint density at radius 1 is 0.950 bits per heavy atom. The molecule has 0 saturated carbocycles. The van der Waals surface area contributed by atoms with Crippen molar-refractivity contribution in [2.24, 2.45) is 0 Å². The van der Waals surface area contributed by atoms with Crippen molar-refractivity contribution >= 4 is 12.6 Å². The van der Waals surface area contributed by atoms with Gasteiger partial charge in [0.2, 0.25) is 0 Å². The number of benzene rings is 1. The molecule has 2 heterocycles. The fraction of sp³-hybridized carbons (Fsp3) is 0.625. The molecule has 20 heavy (non-hydrogen) atoms. The second-order valence-corrected chi connectivity index (χ2v) is 7.30. The van der Waals surface area contributed by atoms with Gasteiger partial charge in [0.25, 0.3) is 0 Å². The minimum absolute atomic E-state index is 0.227. The molecule has 0 N–H and O–H groups in total. The third-order valence-corrected chi connectivity index (χ3v) is 4.90. The van der Waals surface area contributed by atoms with Crippen LogP contribution in [0.15, 0.2) is 18.2 Å². The molecule has 1 aromatic rings. The van der Waals surface area contributed by atoms with Gasteiger partial charge in [0, 0.05) is 0 Å². The highest BCUT2D eigenvalue weighted by atomic mass is 16.7. The maximum absolute atomic E-state index is 6.12. The molecule has 0 aliphatic carbocycles. The van der Waals surface area contributed by atoms with Crippen LogP contribution in [-0.2, 0) is 26.3 Å². The van der Waals surface area contributed by atoms with E-state index < -0.39 is 0 Å². The molecule has 3 rings (SSSR count). The fourth-order valence-electron chi connectivity index (χ4n) is 2.74. The van der Waals surface area contributed by atoms with Crippen LogP contribution in [-0.4, -0.2) is 18.3 Å². The lowest BCUT2D eigenvalue weighted by Gasteiger charge is -2.32. The maximum atomic E-state index is 6.12. The lowest BCUT2D eigenvalue weighted by Crippen LogP contribution is -2.41. The van der Waals surface area contributed by atoms with Crippen LogP contribution in [0.2, 0.25) is 0 Å². The largest absolute Gasteiger partial charge is 0.494 e. The maximum Gasteiger partial charge on any atom is 0.494 e. The highest BCUT2D eigenvalue weighted by Gasteiger charge is 2.52. The molecule has 2 aliphatic heterocycles. The Morgan fingerprint density at radius 3 is 2.15 bits per heavy atom. The minimum Gasteiger partial charge on any atom is -0.399 e.